The van der Waals surface area contributed by atoms with Crippen LogP contribution in [0.2, 0.25) is 0 Å². The smallest absolute Gasteiger partial charge is 0.322 e. The SMILES string of the molecule is CC1(C)COc2c([S-](=O)=NC(=O)Nc3c4c(c(F)c5c3C[C@@H](F)C5)CCC4)cnn21. The zero-order valence-electron chi connectivity index (χ0n) is 16.6. The number of urea groups is 1. The number of halogens is 2. The van der Waals surface area contributed by atoms with Crippen LogP contribution in [0.15, 0.2) is 15.5 Å². The van der Waals surface area contributed by atoms with Gasteiger partial charge in [0.25, 0.3) is 0 Å². The van der Waals surface area contributed by atoms with Gasteiger partial charge in [-0.05, 0) is 60.3 Å². The Morgan fingerprint density at radius 1 is 1.30 bits per heavy atom. The number of carbonyl (C=O) groups excluding carboxylic acids is 1. The number of aromatic nitrogens is 2. The van der Waals surface area contributed by atoms with Crippen LogP contribution in [-0.4, -0.2) is 28.6 Å². The zero-order chi connectivity index (χ0) is 21.2. The van der Waals surface area contributed by atoms with Crippen molar-refractivity contribution in [2.75, 3.05) is 11.9 Å². The molecule has 0 saturated heterocycles. The Bertz CT molecular complexity index is 1170. The molecular weight excluding hydrogens is 414 g/mol. The Kier molecular flexibility index (Phi) is 4.39. The van der Waals surface area contributed by atoms with Gasteiger partial charge in [-0.2, -0.15) is 5.10 Å². The predicted molar refractivity (Wildman–Crippen MR) is 106 cm³/mol. The van der Waals surface area contributed by atoms with Crippen LogP contribution < -0.4 is 10.1 Å². The van der Waals surface area contributed by atoms with Crippen LogP contribution in [0, 0.1) is 5.82 Å². The van der Waals surface area contributed by atoms with Crippen molar-refractivity contribution < 1.29 is 22.5 Å². The number of alkyl halides is 1. The molecule has 0 spiro atoms. The number of anilines is 1. The van der Waals surface area contributed by atoms with E-state index in [0.717, 1.165) is 6.42 Å². The summed E-state index contributed by atoms with van der Waals surface area (Å²) >= 11 is 0. The Hall–Kier alpha value is -2.49. The quantitative estimate of drug-likeness (QED) is 0.727. The molecule has 1 atom stereocenters. The van der Waals surface area contributed by atoms with Crippen molar-refractivity contribution in [1.82, 2.24) is 9.78 Å². The fourth-order valence-corrected chi connectivity index (χ4v) is 5.31. The van der Waals surface area contributed by atoms with Gasteiger partial charge in [-0.3, -0.25) is 0 Å². The van der Waals surface area contributed by atoms with Crippen molar-refractivity contribution in [3.8, 4) is 5.88 Å². The summed E-state index contributed by atoms with van der Waals surface area (Å²) in [6.07, 6.45) is 2.21. The van der Waals surface area contributed by atoms with Crippen molar-refractivity contribution >= 4 is 22.3 Å². The molecule has 3 aliphatic rings. The number of hydrogen-bond donors (Lipinski definition) is 1. The molecule has 0 saturated carbocycles. The Morgan fingerprint density at radius 3 is 2.83 bits per heavy atom. The number of benzene rings is 1. The topological polar surface area (TPSA) is 85.6 Å². The molecule has 160 valence electrons. The van der Waals surface area contributed by atoms with E-state index in [2.05, 4.69) is 14.8 Å². The highest BCUT2D eigenvalue weighted by molar-refractivity contribution is 7.75. The lowest BCUT2D eigenvalue weighted by atomic mass is 9.98. The van der Waals surface area contributed by atoms with Gasteiger partial charge in [0.15, 0.2) is 5.88 Å². The third-order valence-corrected chi connectivity index (χ3v) is 6.97. The Morgan fingerprint density at radius 2 is 2.03 bits per heavy atom. The molecule has 1 aromatic carbocycles. The predicted octanol–water partition coefficient (Wildman–Crippen LogP) is 3.81. The minimum atomic E-state index is -2.02. The lowest BCUT2D eigenvalue weighted by Crippen LogP contribution is -2.26. The highest BCUT2D eigenvalue weighted by Gasteiger charge is 2.34. The van der Waals surface area contributed by atoms with Crippen molar-refractivity contribution in [2.45, 2.75) is 62.6 Å². The summed E-state index contributed by atoms with van der Waals surface area (Å²) in [4.78, 5) is 12.8. The van der Waals surface area contributed by atoms with Crippen LogP contribution in [0.1, 0.15) is 42.5 Å². The molecule has 2 amide bonds. The molecule has 1 N–H and O–H groups in total. The molecule has 2 aliphatic carbocycles. The van der Waals surface area contributed by atoms with Gasteiger partial charge in [0.1, 0.15) is 18.6 Å². The first-order chi connectivity index (χ1) is 14.3. The molecule has 5 rings (SSSR count). The molecule has 0 radical (unpaired) electrons. The van der Waals surface area contributed by atoms with E-state index in [1.807, 2.05) is 13.8 Å². The standard InChI is InChI=1S/C20H21F2N4O3S/c1-20(2)9-29-18-15(8-23-26(18)20)30(28)25-19(27)24-17-12-5-3-4-11(12)16(22)13-6-10(21)7-14(13)17/h8,10H,3-7,9H2,1-2H3,(H,24,27)/q-1/t10-/m0/s1. The molecule has 10 heteroatoms. The summed E-state index contributed by atoms with van der Waals surface area (Å²) in [5, 5.41) is 6.87. The fourth-order valence-electron chi connectivity index (χ4n) is 4.58. The summed E-state index contributed by atoms with van der Waals surface area (Å²) in [6.45, 7) is 4.24. The maximum atomic E-state index is 14.8. The Labute approximate surface area is 174 Å². The molecule has 0 fully saturated rings. The average molecular weight is 435 g/mol. The number of rotatable bonds is 2. The van der Waals surface area contributed by atoms with E-state index in [1.54, 1.807) is 4.68 Å². The zero-order valence-corrected chi connectivity index (χ0v) is 17.4. The van der Waals surface area contributed by atoms with Crippen LogP contribution in [-0.2, 0) is 46.0 Å². The van der Waals surface area contributed by atoms with E-state index in [4.69, 9.17) is 4.74 Å². The highest BCUT2D eigenvalue weighted by Crippen LogP contribution is 2.41. The van der Waals surface area contributed by atoms with Gasteiger partial charge >= 0.3 is 6.03 Å². The minimum Gasteiger partial charge on any atom is -0.476 e. The second-order valence-electron chi connectivity index (χ2n) is 8.56. The van der Waals surface area contributed by atoms with Gasteiger partial charge in [0.05, 0.1) is 5.54 Å². The number of nitrogens with zero attached hydrogens (tertiary/aromatic N) is 3. The number of fused-ring (bicyclic) bond motifs is 3. The molecule has 2 aromatic rings. The molecule has 1 aromatic heterocycles. The molecule has 0 bridgehead atoms. The van der Waals surface area contributed by atoms with Crippen molar-refractivity contribution in [1.29, 1.82) is 0 Å². The first-order valence-corrected chi connectivity index (χ1v) is 11.0. The lowest BCUT2D eigenvalue weighted by molar-refractivity contribution is 0.259. The van der Waals surface area contributed by atoms with Gasteiger partial charge in [-0.25, -0.2) is 18.3 Å². The highest BCUT2D eigenvalue weighted by atomic mass is 32.2. The lowest BCUT2D eigenvalue weighted by Gasteiger charge is -2.16. The van der Waals surface area contributed by atoms with E-state index in [-0.39, 0.29) is 29.1 Å². The number of amides is 2. The normalized spacial score (nSPS) is 21.8. The third kappa shape index (κ3) is 2.91. The fraction of sp³-hybridized carbons (Fsp3) is 0.500. The molecular formula is C20H21F2N4O3S-. The van der Waals surface area contributed by atoms with Gasteiger partial charge in [-0.1, -0.05) is 0 Å². The monoisotopic (exact) mass is 435 g/mol. The molecule has 2 heterocycles. The van der Waals surface area contributed by atoms with E-state index in [9.17, 15) is 17.8 Å². The average Bonchev–Trinajstić information content (AvgIpc) is 3.43. The third-order valence-electron chi connectivity index (χ3n) is 5.98. The van der Waals surface area contributed by atoms with Gasteiger partial charge in [0, 0.05) is 24.7 Å². The van der Waals surface area contributed by atoms with E-state index >= 15 is 0 Å². The van der Waals surface area contributed by atoms with Gasteiger partial charge in [0.2, 0.25) is 0 Å². The van der Waals surface area contributed by atoms with E-state index in [1.165, 1.54) is 6.20 Å². The summed E-state index contributed by atoms with van der Waals surface area (Å²) in [7, 11) is -2.02. The first kappa shape index (κ1) is 19.5. The number of ether oxygens (including phenoxy) is 1. The molecule has 0 unspecified atom stereocenters. The number of carbonyl (C=O) groups is 1. The molecule has 30 heavy (non-hydrogen) atoms. The maximum absolute atomic E-state index is 14.8. The second-order valence-corrected chi connectivity index (χ2v) is 9.68. The van der Waals surface area contributed by atoms with Crippen molar-refractivity contribution in [2.24, 2.45) is 4.36 Å². The van der Waals surface area contributed by atoms with Crippen LogP contribution >= 0.6 is 0 Å². The second kappa shape index (κ2) is 6.76. The first-order valence-electron chi connectivity index (χ1n) is 9.91. The van der Waals surface area contributed by atoms with Crippen molar-refractivity contribution in [3.63, 3.8) is 0 Å². The van der Waals surface area contributed by atoms with Gasteiger partial charge < -0.3 is 18.6 Å². The number of hydrogen-bond acceptors (Lipinski definition) is 5. The summed E-state index contributed by atoms with van der Waals surface area (Å²) in [6, 6.07) is -0.823. The van der Waals surface area contributed by atoms with Crippen molar-refractivity contribution in [3.05, 3.63) is 34.3 Å². The maximum Gasteiger partial charge on any atom is 0.322 e. The largest absolute Gasteiger partial charge is 0.476 e. The van der Waals surface area contributed by atoms with E-state index < -0.39 is 22.8 Å². The van der Waals surface area contributed by atoms with Crippen LogP contribution in [0.3, 0.4) is 0 Å². The van der Waals surface area contributed by atoms with Gasteiger partial charge in [-0.15, -0.1) is 10.6 Å². The van der Waals surface area contributed by atoms with E-state index in [0.29, 0.717) is 53.3 Å². The number of nitrogens with one attached hydrogen (secondary N) is 1. The van der Waals surface area contributed by atoms with Crippen LogP contribution in [0.5, 0.6) is 5.88 Å². The Balaban J connectivity index is 1.47. The summed E-state index contributed by atoms with van der Waals surface area (Å²) in [5.74, 6) is -0.00917. The van der Waals surface area contributed by atoms with Crippen LogP contribution in [0.4, 0.5) is 19.3 Å². The molecule has 1 aliphatic heterocycles. The molecule has 7 nitrogen and oxygen atoms in total. The summed E-state index contributed by atoms with van der Waals surface area (Å²) < 4.78 is 52.4. The summed E-state index contributed by atoms with van der Waals surface area (Å²) in [5.41, 5.74) is 2.13. The van der Waals surface area contributed by atoms with Crippen LogP contribution in [0.25, 0.3) is 0 Å². The minimum absolute atomic E-state index is 0.00998.